The van der Waals surface area contributed by atoms with Gasteiger partial charge in [0.2, 0.25) is 0 Å². The number of nitrogens with one attached hydrogen (secondary N) is 1. The molecule has 0 aromatic heterocycles. The maximum atomic E-state index is 5.96. The summed E-state index contributed by atoms with van der Waals surface area (Å²) in [6.07, 6.45) is 24.1. The summed E-state index contributed by atoms with van der Waals surface area (Å²) < 4.78 is 0. The van der Waals surface area contributed by atoms with Crippen LogP contribution in [0.5, 0.6) is 0 Å². The van der Waals surface area contributed by atoms with Crippen molar-refractivity contribution in [3.05, 3.63) is 0 Å². The van der Waals surface area contributed by atoms with Crippen LogP contribution in [-0.2, 0) is 0 Å². The predicted octanol–water partition coefficient (Wildman–Crippen LogP) is 6.96. The third-order valence-electron chi connectivity index (χ3n) is 5.51. The first-order valence-electron chi connectivity index (χ1n) is 11.7. The summed E-state index contributed by atoms with van der Waals surface area (Å²) in [5.41, 5.74) is 5.96. The number of nitrogens with two attached hydrogens (primary N) is 1. The summed E-state index contributed by atoms with van der Waals surface area (Å²) in [7, 11) is 0. The largest absolute Gasteiger partial charge is 0.327 e. The fourth-order valence-corrected chi connectivity index (χ4v) is 3.66. The first-order valence-corrected chi connectivity index (χ1v) is 11.7. The van der Waals surface area contributed by atoms with Gasteiger partial charge in [-0.1, -0.05) is 110 Å². The fourth-order valence-electron chi connectivity index (χ4n) is 3.66. The van der Waals surface area contributed by atoms with E-state index in [0.717, 1.165) is 13.0 Å². The van der Waals surface area contributed by atoms with Gasteiger partial charge in [0.15, 0.2) is 0 Å². The number of rotatable bonds is 20. The first kappa shape index (κ1) is 24.9. The van der Waals surface area contributed by atoms with Crippen LogP contribution in [0.1, 0.15) is 130 Å². The van der Waals surface area contributed by atoms with Crippen molar-refractivity contribution in [2.75, 3.05) is 6.54 Å². The molecular weight excluding hydrogens is 304 g/mol. The molecule has 2 heteroatoms. The van der Waals surface area contributed by atoms with Gasteiger partial charge in [-0.2, -0.15) is 0 Å². The molecule has 0 heterocycles. The molecule has 2 unspecified atom stereocenters. The minimum absolute atomic E-state index is 0.269. The zero-order valence-electron chi connectivity index (χ0n) is 18.0. The summed E-state index contributed by atoms with van der Waals surface area (Å²) >= 11 is 0. The summed E-state index contributed by atoms with van der Waals surface area (Å²) in [5.74, 6) is 0. The number of hydrogen-bond acceptors (Lipinski definition) is 2. The second-order valence-corrected chi connectivity index (χ2v) is 8.13. The molecular formula is C23H50N2. The topological polar surface area (TPSA) is 38.0 Å². The highest BCUT2D eigenvalue weighted by Gasteiger charge is 2.09. The Morgan fingerprint density at radius 1 is 0.600 bits per heavy atom. The molecule has 0 aliphatic carbocycles. The molecule has 0 aromatic rings. The summed E-state index contributed by atoms with van der Waals surface area (Å²) in [6.45, 7) is 7.75. The van der Waals surface area contributed by atoms with Gasteiger partial charge in [0.1, 0.15) is 0 Å². The van der Waals surface area contributed by atoms with Crippen LogP contribution in [0.15, 0.2) is 0 Å². The minimum atomic E-state index is 0.269. The van der Waals surface area contributed by atoms with Gasteiger partial charge < -0.3 is 11.1 Å². The monoisotopic (exact) mass is 354 g/mol. The van der Waals surface area contributed by atoms with Crippen LogP contribution in [0.3, 0.4) is 0 Å². The molecule has 0 bridgehead atoms. The zero-order valence-corrected chi connectivity index (χ0v) is 18.0. The molecule has 0 rings (SSSR count). The lowest BCUT2D eigenvalue weighted by atomic mass is 10.0. The third-order valence-corrected chi connectivity index (χ3v) is 5.51. The zero-order chi connectivity index (χ0) is 18.6. The molecule has 0 spiro atoms. The summed E-state index contributed by atoms with van der Waals surface area (Å²) in [5, 5.41) is 3.59. The lowest BCUT2D eigenvalue weighted by Crippen LogP contribution is -2.43. The van der Waals surface area contributed by atoms with E-state index >= 15 is 0 Å². The Kier molecular flexibility index (Phi) is 20.2. The van der Waals surface area contributed by atoms with Crippen LogP contribution in [0.2, 0.25) is 0 Å². The van der Waals surface area contributed by atoms with Gasteiger partial charge >= 0.3 is 0 Å². The molecule has 0 saturated heterocycles. The van der Waals surface area contributed by atoms with Gasteiger partial charge in [0.05, 0.1) is 0 Å². The van der Waals surface area contributed by atoms with Crippen LogP contribution in [0, 0.1) is 0 Å². The SMILES string of the molecule is CCCCCCCCCCCCCCCCCCNC(CC)C(C)N. The second-order valence-electron chi connectivity index (χ2n) is 8.13. The van der Waals surface area contributed by atoms with E-state index in [4.69, 9.17) is 5.73 Å². The van der Waals surface area contributed by atoms with E-state index in [1.807, 2.05) is 0 Å². The molecule has 0 aliphatic heterocycles. The van der Waals surface area contributed by atoms with Gasteiger partial charge in [-0.05, 0) is 26.3 Å². The minimum Gasteiger partial charge on any atom is -0.327 e. The van der Waals surface area contributed by atoms with Crippen molar-refractivity contribution in [3.8, 4) is 0 Å². The van der Waals surface area contributed by atoms with E-state index in [-0.39, 0.29) is 6.04 Å². The molecule has 0 aliphatic rings. The van der Waals surface area contributed by atoms with Crippen molar-refractivity contribution < 1.29 is 0 Å². The smallest absolute Gasteiger partial charge is 0.0213 e. The normalized spacial score (nSPS) is 13.9. The summed E-state index contributed by atoms with van der Waals surface area (Å²) in [4.78, 5) is 0. The number of unbranched alkanes of at least 4 members (excludes halogenated alkanes) is 15. The van der Waals surface area contributed by atoms with Crippen molar-refractivity contribution in [2.45, 2.75) is 142 Å². The molecule has 0 amide bonds. The van der Waals surface area contributed by atoms with Crippen LogP contribution in [0.4, 0.5) is 0 Å². The molecule has 0 fully saturated rings. The number of hydrogen-bond donors (Lipinski definition) is 2. The summed E-state index contributed by atoms with van der Waals surface area (Å²) in [6, 6.07) is 0.766. The van der Waals surface area contributed by atoms with E-state index in [1.165, 1.54) is 103 Å². The standard InChI is InChI=1S/C23H50N2/c1-4-6-7-8-9-10-11-12-13-14-15-16-17-18-19-20-21-25-23(5-2)22(3)24/h22-23,25H,4-21,24H2,1-3H3. The Morgan fingerprint density at radius 3 is 1.28 bits per heavy atom. The van der Waals surface area contributed by atoms with E-state index in [9.17, 15) is 0 Å². The van der Waals surface area contributed by atoms with Crippen molar-refractivity contribution in [1.29, 1.82) is 0 Å². The Labute approximate surface area is 160 Å². The molecule has 25 heavy (non-hydrogen) atoms. The Balaban J connectivity index is 3.09. The van der Waals surface area contributed by atoms with Gasteiger partial charge in [0, 0.05) is 12.1 Å². The quantitative estimate of drug-likeness (QED) is 0.232. The van der Waals surface area contributed by atoms with Crippen LogP contribution >= 0.6 is 0 Å². The first-order chi connectivity index (χ1) is 12.2. The van der Waals surface area contributed by atoms with E-state index in [0.29, 0.717) is 6.04 Å². The predicted molar refractivity (Wildman–Crippen MR) is 115 cm³/mol. The molecule has 152 valence electrons. The molecule has 0 saturated carbocycles. The lowest BCUT2D eigenvalue weighted by Gasteiger charge is -2.20. The molecule has 3 N–H and O–H groups in total. The Hall–Kier alpha value is -0.0800. The highest BCUT2D eigenvalue weighted by molar-refractivity contribution is 4.73. The lowest BCUT2D eigenvalue weighted by molar-refractivity contribution is 0.426. The van der Waals surface area contributed by atoms with Crippen LogP contribution in [0.25, 0.3) is 0 Å². The average Bonchev–Trinajstić information content (AvgIpc) is 2.60. The molecule has 0 radical (unpaired) electrons. The van der Waals surface area contributed by atoms with E-state index in [2.05, 4.69) is 26.1 Å². The van der Waals surface area contributed by atoms with Gasteiger partial charge in [-0.15, -0.1) is 0 Å². The fraction of sp³-hybridized carbons (Fsp3) is 1.00. The Morgan fingerprint density at radius 2 is 0.960 bits per heavy atom. The van der Waals surface area contributed by atoms with Gasteiger partial charge in [-0.3, -0.25) is 0 Å². The molecule has 0 aromatic carbocycles. The van der Waals surface area contributed by atoms with Gasteiger partial charge in [0.25, 0.3) is 0 Å². The van der Waals surface area contributed by atoms with Crippen molar-refractivity contribution in [2.24, 2.45) is 5.73 Å². The Bertz CT molecular complexity index is 240. The van der Waals surface area contributed by atoms with Gasteiger partial charge in [-0.25, -0.2) is 0 Å². The second kappa shape index (κ2) is 20.2. The third kappa shape index (κ3) is 18.5. The molecule has 2 atom stereocenters. The van der Waals surface area contributed by atoms with Crippen LogP contribution in [-0.4, -0.2) is 18.6 Å². The van der Waals surface area contributed by atoms with Crippen molar-refractivity contribution >= 4 is 0 Å². The highest BCUT2D eigenvalue weighted by Crippen LogP contribution is 2.13. The highest BCUT2D eigenvalue weighted by atomic mass is 14.9. The molecule has 2 nitrogen and oxygen atoms in total. The van der Waals surface area contributed by atoms with Crippen molar-refractivity contribution in [3.63, 3.8) is 0 Å². The van der Waals surface area contributed by atoms with E-state index in [1.54, 1.807) is 0 Å². The van der Waals surface area contributed by atoms with Crippen molar-refractivity contribution in [1.82, 2.24) is 5.32 Å². The maximum Gasteiger partial charge on any atom is 0.0213 e. The maximum absolute atomic E-state index is 5.96. The van der Waals surface area contributed by atoms with E-state index < -0.39 is 0 Å². The average molecular weight is 355 g/mol. The van der Waals surface area contributed by atoms with Crippen LogP contribution < -0.4 is 11.1 Å².